The lowest BCUT2D eigenvalue weighted by molar-refractivity contribution is 1.13. The summed E-state index contributed by atoms with van der Waals surface area (Å²) in [6.45, 7) is 2.04. The van der Waals surface area contributed by atoms with E-state index in [1.54, 1.807) is 6.08 Å². The number of halogens is 1. The SMILES string of the molecule is CCc1ccc(Br)cc1C=C(C#N)C#N. The quantitative estimate of drug-likeness (QED) is 0.765. The zero-order valence-electron chi connectivity index (χ0n) is 8.29. The predicted octanol–water partition coefficient (Wildman–Crippen LogP) is 3.44. The highest BCUT2D eigenvalue weighted by Gasteiger charge is 2.01. The minimum absolute atomic E-state index is 0.128. The first-order valence-electron chi connectivity index (χ1n) is 4.51. The van der Waals surface area contributed by atoms with Gasteiger partial charge in [-0.15, -0.1) is 0 Å². The average molecular weight is 261 g/mol. The lowest BCUT2D eigenvalue weighted by atomic mass is 10.0. The second-order valence-electron chi connectivity index (χ2n) is 2.98. The first kappa shape index (κ1) is 11.5. The van der Waals surface area contributed by atoms with Crippen molar-refractivity contribution >= 4 is 22.0 Å². The summed E-state index contributed by atoms with van der Waals surface area (Å²) in [6.07, 6.45) is 2.49. The molecule has 0 fully saturated rings. The number of benzene rings is 1. The van der Waals surface area contributed by atoms with E-state index in [-0.39, 0.29) is 5.57 Å². The molecule has 0 bridgehead atoms. The normalized spacial score (nSPS) is 8.80. The predicted molar refractivity (Wildman–Crippen MR) is 62.7 cm³/mol. The van der Waals surface area contributed by atoms with Crippen LogP contribution in [0.1, 0.15) is 18.1 Å². The van der Waals surface area contributed by atoms with Crippen molar-refractivity contribution in [3.8, 4) is 12.1 Å². The van der Waals surface area contributed by atoms with Crippen LogP contribution in [0, 0.1) is 22.7 Å². The molecule has 1 aromatic carbocycles. The summed E-state index contributed by atoms with van der Waals surface area (Å²) < 4.78 is 0.946. The molecule has 0 aliphatic rings. The molecule has 74 valence electrons. The summed E-state index contributed by atoms with van der Waals surface area (Å²) in [4.78, 5) is 0. The molecule has 0 aromatic heterocycles. The van der Waals surface area contributed by atoms with Crippen LogP contribution in [0.4, 0.5) is 0 Å². The maximum atomic E-state index is 8.67. The molecule has 0 aliphatic carbocycles. The molecule has 0 atom stereocenters. The van der Waals surface area contributed by atoms with Gasteiger partial charge in [0.25, 0.3) is 0 Å². The molecule has 3 heteroatoms. The van der Waals surface area contributed by atoms with Crippen molar-refractivity contribution < 1.29 is 0 Å². The van der Waals surface area contributed by atoms with E-state index in [9.17, 15) is 0 Å². The number of rotatable bonds is 2. The van der Waals surface area contributed by atoms with Gasteiger partial charge < -0.3 is 0 Å². The van der Waals surface area contributed by atoms with E-state index in [1.807, 2.05) is 37.3 Å². The largest absolute Gasteiger partial charge is 0.192 e. The highest BCUT2D eigenvalue weighted by atomic mass is 79.9. The molecule has 0 radical (unpaired) electrons. The number of hydrogen-bond acceptors (Lipinski definition) is 2. The van der Waals surface area contributed by atoms with Gasteiger partial charge in [0.15, 0.2) is 0 Å². The van der Waals surface area contributed by atoms with Crippen LogP contribution in [0.15, 0.2) is 28.2 Å². The van der Waals surface area contributed by atoms with Crippen LogP contribution < -0.4 is 0 Å². The lowest BCUT2D eigenvalue weighted by Gasteiger charge is -2.03. The molecule has 0 amide bonds. The number of nitriles is 2. The highest BCUT2D eigenvalue weighted by molar-refractivity contribution is 9.10. The summed E-state index contributed by atoms with van der Waals surface area (Å²) >= 11 is 3.36. The fraction of sp³-hybridized carbons (Fsp3) is 0.167. The molecule has 0 saturated heterocycles. The molecule has 0 heterocycles. The molecule has 0 saturated carbocycles. The summed E-state index contributed by atoms with van der Waals surface area (Å²) in [7, 11) is 0. The standard InChI is InChI=1S/C12H9BrN2/c1-2-10-3-4-12(13)6-11(10)5-9(7-14)8-15/h3-6H,2H2,1H3. The number of aryl methyl sites for hydroxylation is 1. The summed E-state index contributed by atoms with van der Waals surface area (Å²) in [5, 5.41) is 17.3. The van der Waals surface area contributed by atoms with Crippen molar-refractivity contribution in [3.63, 3.8) is 0 Å². The first-order valence-corrected chi connectivity index (χ1v) is 5.31. The average Bonchev–Trinajstić information content (AvgIpc) is 2.26. The summed E-state index contributed by atoms with van der Waals surface area (Å²) in [5.74, 6) is 0. The van der Waals surface area contributed by atoms with Gasteiger partial charge in [-0.3, -0.25) is 0 Å². The Labute approximate surface area is 97.6 Å². The Hall–Kier alpha value is -1.58. The number of hydrogen-bond donors (Lipinski definition) is 0. The van der Waals surface area contributed by atoms with Crippen molar-refractivity contribution in [1.82, 2.24) is 0 Å². The summed E-state index contributed by atoms with van der Waals surface area (Å²) in [5.41, 5.74) is 2.17. The van der Waals surface area contributed by atoms with Gasteiger partial charge in [-0.05, 0) is 35.8 Å². The van der Waals surface area contributed by atoms with Crippen molar-refractivity contribution in [2.75, 3.05) is 0 Å². The fourth-order valence-corrected chi connectivity index (χ4v) is 1.65. The molecular weight excluding hydrogens is 252 g/mol. The number of allylic oxidation sites excluding steroid dienone is 1. The third-order valence-corrected chi connectivity index (χ3v) is 2.52. The van der Waals surface area contributed by atoms with Crippen LogP contribution in [0.5, 0.6) is 0 Å². The third kappa shape index (κ3) is 2.94. The van der Waals surface area contributed by atoms with Crippen LogP contribution >= 0.6 is 15.9 Å². The van der Waals surface area contributed by atoms with Crippen LogP contribution in [-0.4, -0.2) is 0 Å². The van der Waals surface area contributed by atoms with E-state index in [1.165, 1.54) is 0 Å². The smallest absolute Gasteiger partial charge is 0.130 e. The highest BCUT2D eigenvalue weighted by Crippen LogP contribution is 2.19. The van der Waals surface area contributed by atoms with Crippen molar-refractivity contribution in [1.29, 1.82) is 10.5 Å². The maximum absolute atomic E-state index is 8.67. The van der Waals surface area contributed by atoms with Gasteiger partial charge in [0, 0.05) is 4.47 Å². The molecule has 2 nitrogen and oxygen atoms in total. The van der Waals surface area contributed by atoms with Gasteiger partial charge in [0.1, 0.15) is 17.7 Å². The number of nitrogens with zero attached hydrogens (tertiary/aromatic N) is 2. The molecule has 1 rings (SSSR count). The second-order valence-corrected chi connectivity index (χ2v) is 3.89. The topological polar surface area (TPSA) is 47.6 Å². The van der Waals surface area contributed by atoms with Crippen molar-refractivity contribution in [2.45, 2.75) is 13.3 Å². The molecule has 0 unspecified atom stereocenters. The molecule has 0 aliphatic heterocycles. The third-order valence-electron chi connectivity index (χ3n) is 2.03. The van der Waals surface area contributed by atoms with Crippen LogP contribution in [-0.2, 0) is 6.42 Å². The van der Waals surface area contributed by atoms with Gasteiger partial charge in [0.05, 0.1) is 0 Å². The first-order chi connectivity index (χ1) is 7.21. The van der Waals surface area contributed by atoms with E-state index >= 15 is 0 Å². The van der Waals surface area contributed by atoms with Crippen molar-refractivity contribution in [3.05, 3.63) is 39.4 Å². The summed E-state index contributed by atoms with van der Waals surface area (Å²) in [6, 6.07) is 9.56. The Kier molecular flexibility index (Phi) is 4.09. The van der Waals surface area contributed by atoms with E-state index < -0.39 is 0 Å². The van der Waals surface area contributed by atoms with Gasteiger partial charge in [0.2, 0.25) is 0 Å². The van der Waals surface area contributed by atoms with Crippen LogP contribution in [0.3, 0.4) is 0 Å². The lowest BCUT2D eigenvalue weighted by Crippen LogP contribution is -1.87. The van der Waals surface area contributed by atoms with Gasteiger partial charge >= 0.3 is 0 Å². The zero-order chi connectivity index (χ0) is 11.3. The Balaban J connectivity index is 3.26. The Bertz CT molecular complexity index is 459. The van der Waals surface area contributed by atoms with E-state index in [2.05, 4.69) is 15.9 Å². The molecule has 0 N–H and O–H groups in total. The van der Waals surface area contributed by atoms with Crippen molar-refractivity contribution in [2.24, 2.45) is 0 Å². The molecule has 15 heavy (non-hydrogen) atoms. The molecule has 1 aromatic rings. The van der Waals surface area contributed by atoms with E-state index in [0.717, 1.165) is 22.0 Å². The Morgan fingerprint density at radius 3 is 2.60 bits per heavy atom. The van der Waals surface area contributed by atoms with Gasteiger partial charge in [-0.25, -0.2) is 0 Å². The second kappa shape index (κ2) is 5.34. The van der Waals surface area contributed by atoms with Crippen LogP contribution in [0.25, 0.3) is 6.08 Å². The minimum atomic E-state index is 0.128. The monoisotopic (exact) mass is 260 g/mol. The maximum Gasteiger partial charge on any atom is 0.130 e. The molecule has 0 spiro atoms. The van der Waals surface area contributed by atoms with E-state index in [4.69, 9.17) is 10.5 Å². The van der Waals surface area contributed by atoms with Crippen LogP contribution in [0.2, 0.25) is 0 Å². The van der Waals surface area contributed by atoms with E-state index in [0.29, 0.717) is 0 Å². The Morgan fingerprint density at radius 1 is 1.40 bits per heavy atom. The fourth-order valence-electron chi connectivity index (χ4n) is 1.27. The Morgan fingerprint density at radius 2 is 2.07 bits per heavy atom. The minimum Gasteiger partial charge on any atom is -0.192 e. The van der Waals surface area contributed by atoms with Gasteiger partial charge in [-0.1, -0.05) is 28.9 Å². The van der Waals surface area contributed by atoms with Gasteiger partial charge in [-0.2, -0.15) is 10.5 Å². The molecular formula is C12H9BrN2. The zero-order valence-corrected chi connectivity index (χ0v) is 9.87.